The quantitative estimate of drug-likeness (QED) is 0.655. The lowest BCUT2D eigenvalue weighted by Crippen LogP contribution is -2.31. The van der Waals surface area contributed by atoms with Crippen molar-refractivity contribution in [2.45, 2.75) is 33.7 Å². The van der Waals surface area contributed by atoms with E-state index in [1.54, 1.807) is 0 Å². The number of nitrogens with zero attached hydrogens (tertiary/aromatic N) is 2. The van der Waals surface area contributed by atoms with E-state index in [0.717, 1.165) is 11.4 Å². The van der Waals surface area contributed by atoms with Gasteiger partial charge in [0.15, 0.2) is 0 Å². The topological polar surface area (TPSA) is 55.9 Å². The average Bonchev–Trinajstić information content (AvgIpc) is 2.66. The van der Waals surface area contributed by atoms with Crippen molar-refractivity contribution in [1.82, 2.24) is 15.2 Å². The molecule has 19 heavy (non-hydrogen) atoms. The van der Waals surface area contributed by atoms with Crippen LogP contribution < -0.4 is 11.3 Å². The number of aryl methyl sites for hydroxylation is 5. The Hall–Kier alpha value is -1.65. The second kappa shape index (κ2) is 5.15. The molecule has 4 heteroatoms. The smallest absolute Gasteiger partial charge is 0.0880 e. The normalized spacial score (nSPS) is 12.7. The van der Waals surface area contributed by atoms with Crippen LogP contribution in [0.25, 0.3) is 0 Å². The summed E-state index contributed by atoms with van der Waals surface area (Å²) in [6.45, 7) is 8.37. The number of benzene rings is 1. The molecule has 0 bridgehead atoms. The Morgan fingerprint density at radius 3 is 2.21 bits per heavy atom. The van der Waals surface area contributed by atoms with Crippen LogP contribution in [-0.2, 0) is 7.05 Å². The lowest BCUT2D eigenvalue weighted by Gasteiger charge is -2.20. The Labute approximate surface area is 114 Å². The highest BCUT2D eigenvalue weighted by atomic mass is 15.3. The van der Waals surface area contributed by atoms with Crippen LogP contribution in [0, 0.1) is 27.7 Å². The summed E-state index contributed by atoms with van der Waals surface area (Å²) < 4.78 is 1.88. The van der Waals surface area contributed by atoms with Gasteiger partial charge < -0.3 is 0 Å². The molecule has 1 atom stereocenters. The van der Waals surface area contributed by atoms with E-state index in [1.807, 2.05) is 18.7 Å². The first kappa shape index (κ1) is 13.8. The van der Waals surface area contributed by atoms with Gasteiger partial charge in [-0.05, 0) is 56.0 Å². The van der Waals surface area contributed by atoms with Crippen LogP contribution in [0.15, 0.2) is 18.2 Å². The lowest BCUT2D eigenvalue weighted by molar-refractivity contribution is 0.572. The van der Waals surface area contributed by atoms with E-state index >= 15 is 0 Å². The van der Waals surface area contributed by atoms with Gasteiger partial charge >= 0.3 is 0 Å². The van der Waals surface area contributed by atoms with Crippen LogP contribution in [0.5, 0.6) is 0 Å². The maximum Gasteiger partial charge on any atom is 0.0880 e. The van der Waals surface area contributed by atoms with Crippen molar-refractivity contribution >= 4 is 0 Å². The molecule has 0 spiro atoms. The van der Waals surface area contributed by atoms with Gasteiger partial charge in [0.2, 0.25) is 0 Å². The van der Waals surface area contributed by atoms with Gasteiger partial charge in [-0.25, -0.2) is 5.43 Å². The molecular formula is C15H22N4. The van der Waals surface area contributed by atoms with Crippen molar-refractivity contribution in [1.29, 1.82) is 0 Å². The molecule has 1 heterocycles. The molecule has 0 saturated carbocycles. The minimum atomic E-state index is -0.0366. The number of nitrogens with two attached hydrogens (primary N) is 1. The Bertz CT molecular complexity index is 598. The molecule has 3 N–H and O–H groups in total. The van der Waals surface area contributed by atoms with Crippen molar-refractivity contribution in [3.8, 4) is 0 Å². The summed E-state index contributed by atoms with van der Waals surface area (Å²) in [5, 5.41) is 4.40. The molecule has 2 rings (SSSR count). The molecule has 4 nitrogen and oxygen atoms in total. The molecule has 1 aromatic carbocycles. The molecule has 0 aliphatic carbocycles. The van der Waals surface area contributed by atoms with Crippen molar-refractivity contribution in [3.63, 3.8) is 0 Å². The zero-order valence-electron chi connectivity index (χ0n) is 12.3. The van der Waals surface area contributed by atoms with E-state index in [1.165, 1.54) is 22.3 Å². The predicted octanol–water partition coefficient (Wildman–Crippen LogP) is 2.21. The maximum atomic E-state index is 5.78. The minimum Gasteiger partial charge on any atom is -0.271 e. The highest BCUT2D eigenvalue weighted by Crippen LogP contribution is 2.26. The zero-order valence-corrected chi connectivity index (χ0v) is 12.3. The fourth-order valence-corrected chi connectivity index (χ4v) is 2.53. The van der Waals surface area contributed by atoms with Crippen LogP contribution in [0.3, 0.4) is 0 Å². The summed E-state index contributed by atoms with van der Waals surface area (Å²) in [5.74, 6) is 5.78. The van der Waals surface area contributed by atoms with Gasteiger partial charge in [-0.2, -0.15) is 5.10 Å². The maximum absolute atomic E-state index is 5.78. The van der Waals surface area contributed by atoms with Crippen LogP contribution in [0.1, 0.15) is 39.7 Å². The fourth-order valence-electron chi connectivity index (χ4n) is 2.53. The monoisotopic (exact) mass is 258 g/mol. The molecule has 0 amide bonds. The molecule has 0 radical (unpaired) electrons. The van der Waals surface area contributed by atoms with Crippen LogP contribution in [0.4, 0.5) is 0 Å². The standard InChI is InChI=1S/C15H22N4/c1-9-6-11(3)13(7-10(9)2)15(17-16)14-8-12(4)18-19(14)5/h6-8,15,17H,16H2,1-5H3. The second-order valence-corrected chi connectivity index (χ2v) is 5.23. The van der Waals surface area contributed by atoms with E-state index in [0.29, 0.717) is 0 Å². The predicted molar refractivity (Wildman–Crippen MR) is 77.8 cm³/mol. The second-order valence-electron chi connectivity index (χ2n) is 5.23. The summed E-state index contributed by atoms with van der Waals surface area (Å²) in [7, 11) is 1.95. The summed E-state index contributed by atoms with van der Waals surface area (Å²) in [5.41, 5.74) is 10.0. The molecule has 0 saturated heterocycles. The average molecular weight is 258 g/mol. The molecule has 0 aliphatic rings. The molecule has 1 unspecified atom stereocenters. The van der Waals surface area contributed by atoms with Crippen LogP contribution >= 0.6 is 0 Å². The van der Waals surface area contributed by atoms with Crippen LogP contribution in [-0.4, -0.2) is 9.78 Å². The van der Waals surface area contributed by atoms with E-state index in [9.17, 15) is 0 Å². The summed E-state index contributed by atoms with van der Waals surface area (Å²) in [6.07, 6.45) is 0. The molecule has 2 aromatic rings. The van der Waals surface area contributed by atoms with Gasteiger partial charge in [-0.3, -0.25) is 10.5 Å². The molecule has 1 aromatic heterocycles. The van der Waals surface area contributed by atoms with Crippen molar-refractivity contribution in [3.05, 3.63) is 51.8 Å². The molecule has 0 fully saturated rings. The third kappa shape index (κ3) is 2.55. The summed E-state index contributed by atoms with van der Waals surface area (Å²) in [4.78, 5) is 0. The van der Waals surface area contributed by atoms with Crippen molar-refractivity contribution in [2.75, 3.05) is 0 Å². The Balaban J connectivity index is 2.54. The first-order valence-electron chi connectivity index (χ1n) is 6.48. The van der Waals surface area contributed by atoms with Gasteiger partial charge in [-0.1, -0.05) is 12.1 Å². The SMILES string of the molecule is Cc1cc(C(NN)c2cc(C)c(C)cc2C)n(C)n1. The highest BCUT2D eigenvalue weighted by Gasteiger charge is 2.19. The van der Waals surface area contributed by atoms with Crippen LogP contribution in [0.2, 0.25) is 0 Å². The first-order valence-corrected chi connectivity index (χ1v) is 6.48. The largest absolute Gasteiger partial charge is 0.271 e. The molecular weight excluding hydrogens is 236 g/mol. The van der Waals surface area contributed by atoms with E-state index in [-0.39, 0.29) is 6.04 Å². The first-order chi connectivity index (χ1) is 8.93. The van der Waals surface area contributed by atoms with Gasteiger partial charge in [0.05, 0.1) is 17.4 Å². The number of aromatic nitrogens is 2. The van der Waals surface area contributed by atoms with Crippen molar-refractivity contribution < 1.29 is 0 Å². The van der Waals surface area contributed by atoms with E-state index in [2.05, 4.69) is 49.5 Å². The Morgan fingerprint density at radius 1 is 1.05 bits per heavy atom. The van der Waals surface area contributed by atoms with Gasteiger partial charge in [0, 0.05) is 7.05 Å². The number of hydrogen-bond acceptors (Lipinski definition) is 3. The fraction of sp³-hybridized carbons (Fsp3) is 0.400. The Kier molecular flexibility index (Phi) is 3.73. The molecule has 102 valence electrons. The van der Waals surface area contributed by atoms with Gasteiger partial charge in [0.1, 0.15) is 0 Å². The van der Waals surface area contributed by atoms with E-state index < -0.39 is 0 Å². The number of hydrogen-bond donors (Lipinski definition) is 2. The third-order valence-corrected chi connectivity index (χ3v) is 3.69. The van der Waals surface area contributed by atoms with Gasteiger partial charge in [-0.15, -0.1) is 0 Å². The number of rotatable bonds is 3. The number of nitrogens with one attached hydrogen (secondary N) is 1. The van der Waals surface area contributed by atoms with Crippen molar-refractivity contribution in [2.24, 2.45) is 12.9 Å². The van der Waals surface area contributed by atoms with Gasteiger partial charge in [0.25, 0.3) is 0 Å². The summed E-state index contributed by atoms with van der Waals surface area (Å²) in [6, 6.07) is 6.44. The molecule has 0 aliphatic heterocycles. The third-order valence-electron chi connectivity index (χ3n) is 3.69. The lowest BCUT2D eigenvalue weighted by atomic mass is 9.94. The minimum absolute atomic E-state index is 0.0366. The number of hydrazine groups is 1. The summed E-state index contributed by atoms with van der Waals surface area (Å²) >= 11 is 0. The Morgan fingerprint density at radius 2 is 1.68 bits per heavy atom. The van der Waals surface area contributed by atoms with E-state index in [4.69, 9.17) is 5.84 Å². The highest BCUT2D eigenvalue weighted by molar-refractivity contribution is 5.41. The zero-order chi connectivity index (χ0) is 14.2.